The Labute approximate surface area is 120 Å². The molecule has 2 aliphatic heterocycles. The molecule has 0 amide bonds. The molecule has 106 valence electrons. The molecule has 2 fully saturated rings. The third-order valence-corrected chi connectivity index (χ3v) is 5.54. The molecule has 2 atom stereocenters. The van der Waals surface area contributed by atoms with Gasteiger partial charge in [0.2, 0.25) is 0 Å². The third kappa shape index (κ3) is 3.18. The zero-order valence-corrected chi connectivity index (χ0v) is 12.7. The average molecular weight is 279 g/mol. The van der Waals surface area contributed by atoms with E-state index in [1.54, 1.807) is 0 Å². The Morgan fingerprint density at radius 3 is 3.05 bits per heavy atom. The highest BCUT2D eigenvalue weighted by Gasteiger charge is 2.31. The number of likely N-dealkylation sites (tertiary alicyclic amines) is 1. The molecule has 19 heavy (non-hydrogen) atoms. The molecule has 0 saturated carbocycles. The second-order valence-electron chi connectivity index (χ2n) is 5.82. The summed E-state index contributed by atoms with van der Waals surface area (Å²) in [6, 6.07) is 1.47. The monoisotopic (exact) mass is 279 g/mol. The molecule has 1 aromatic heterocycles. The number of hydrogen-bond acceptors (Lipinski definition) is 4. The van der Waals surface area contributed by atoms with Gasteiger partial charge in [0.05, 0.1) is 10.7 Å². The number of aryl methyl sites for hydroxylation is 1. The number of aromatic nitrogens is 1. The summed E-state index contributed by atoms with van der Waals surface area (Å²) in [4.78, 5) is 7.42. The maximum Gasteiger partial charge on any atom is 0.0926 e. The summed E-state index contributed by atoms with van der Waals surface area (Å²) in [5.74, 6) is 0. The van der Waals surface area contributed by atoms with Crippen molar-refractivity contribution < 1.29 is 0 Å². The summed E-state index contributed by atoms with van der Waals surface area (Å²) in [5.41, 5.74) is 1.28. The molecule has 4 heteroatoms. The van der Waals surface area contributed by atoms with Gasteiger partial charge in [-0.3, -0.25) is 4.90 Å². The van der Waals surface area contributed by atoms with Gasteiger partial charge in [0, 0.05) is 24.0 Å². The summed E-state index contributed by atoms with van der Waals surface area (Å²) >= 11 is 1.82. The second-order valence-corrected chi connectivity index (χ2v) is 6.77. The maximum atomic E-state index is 4.74. The van der Waals surface area contributed by atoms with Gasteiger partial charge in [0.15, 0.2) is 0 Å². The quantitative estimate of drug-likeness (QED) is 0.918. The summed E-state index contributed by atoms with van der Waals surface area (Å²) in [6.07, 6.45) is 7.90. The molecular formula is C15H25N3S. The molecule has 0 aliphatic carbocycles. The van der Waals surface area contributed by atoms with Crippen molar-refractivity contribution >= 4 is 11.3 Å². The molecule has 0 radical (unpaired) electrons. The molecule has 3 nitrogen and oxygen atoms in total. The minimum Gasteiger partial charge on any atom is -0.312 e. The lowest BCUT2D eigenvalue weighted by atomic mass is 9.94. The molecule has 3 rings (SSSR count). The minimum atomic E-state index is 0.726. The van der Waals surface area contributed by atoms with Gasteiger partial charge in [0.25, 0.3) is 0 Å². The van der Waals surface area contributed by atoms with Crippen molar-refractivity contribution in [2.75, 3.05) is 13.1 Å². The van der Waals surface area contributed by atoms with Crippen LogP contribution in [0.25, 0.3) is 0 Å². The smallest absolute Gasteiger partial charge is 0.0926 e. The first kappa shape index (κ1) is 13.5. The van der Waals surface area contributed by atoms with Crippen LogP contribution in [0.1, 0.15) is 49.7 Å². The molecule has 1 aromatic rings. The van der Waals surface area contributed by atoms with Gasteiger partial charge >= 0.3 is 0 Å². The normalized spacial score (nSPS) is 28.9. The Hall–Kier alpha value is -0.450. The summed E-state index contributed by atoms with van der Waals surface area (Å²) in [6.45, 7) is 5.71. The molecule has 0 bridgehead atoms. The highest BCUT2D eigenvalue weighted by molar-refractivity contribution is 7.09. The van der Waals surface area contributed by atoms with Crippen molar-refractivity contribution in [1.29, 1.82) is 0 Å². The first-order valence-corrected chi connectivity index (χ1v) is 8.65. The third-order valence-electron chi connectivity index (χ3n) is 4.49. The fourth-order valence-electron chi connectivity index (χ4n) is 3.50. The Bertz CT molecular complexity index is 398. The largest absolute Gasteiger partial charge is 0.312 e. The van der Waals surface area contributed by atoms with Crippen molar-refractivity contribution in [3.63, 3.8) is 0 Å². The predicted octanol–water partition coefficient (Wildman–Crippen LogP) is 2.81. The lowest BCUT2D eigenvalue weighted by Gasteiger charge is -2.39. The van der Waals surface area contributed by atoms with E-state index >= 15 is 0 Å². The SMILES string of the molecule is CCc1nc(CN2CCCCC2C2CCCN2)cs1. The average Bonchev–Trinajstić information content (AvgIpc) is 3.10. The van der Waals surface area contributed by atoms with E-state index in [4.69, 9.17) is 4.98 Å². The van der Waals surface area contributed by atoms with Crippen LogP contribution < -0.4 is 5.32 Å². The van der Waals surface area contributed by atoms with Gasteiger partial charge in [-0.15, -0.1) is 11.3 Å². The van der Waals surface area contributed by atoms with Gasteiger partial charge in [-0.2, -0.15) is 0 Å². The molecule has 1 N–H and O–H groups in total. The van der Waals surface area contributed by atoms with E-state index in [1.807, 2.05) is 11.3 Å². The van der Waals surface area contributed by atoms with Gasteiger partial charge in [-0.1, -0.05) is 13.3 Å². The fraction of sp³-hybridized carbons (Fsp3) is 0.800. The topological polar surface area (TPSA) is 28.2 Å². The van der Waals surface area contributed by atoms with Crippen LogP contribution in [0.4, 0.5) is 0 Å². The van der Waals surface area contributed by atoms with Crippen LogP contribution in [-0.4, -0.2) is 35.1 Å². The van der Waals surface area contributed by atoms with E-state index in [9.17, 15) is 0 Å². The Kier molecular flexibility index (Phi) is 4.51. The van der Waals surface area contributed by atoms with Gasteiger partial charge in [-0.05, 0) is 45.2 Å². The minimum absolute atomic E-state index is 0.726. The van der Waals surface area contributed by atoms with Crippen LogP contribution >= 0.6 is 11.3 Å². The Morgan fingerprint density at radius 2 is 2.32 bits per heavy atom. The number of thiazole rings is 1. The van der Waals surface area contributed by atoms with E-state index < -0.39 is 0 Å². The van der Waals surface area contributed by atoms with Gasteiger partial charge in [-0.25, -0.2) is 4.98 Å². The van der Waals surface area contributed by atoms with Crippen LogP contribution in [0.3, 0.4) is 0 Å². The molecular weight excluding hydrogens is 254 g/mol. The zero-order valence-electron chi connectivity index (χ0n) is 11.9. The van der Waals surface area contributed by atoms with E-state index in [2.05, 4.69) is 22.5 Å². The van der Waals surface area contributed by atoms with Crippen molar-refractivity contribution in [2.24, 2.45) is 0 Å². The zero-order chi connectivity index (χ0) is 13.1. The Balaban J connectivity index is 1.65. The lowest BCUT2D eigenvalue weighted by Crippen LogP contribution is -2.49. The van der Waals surface area contributed by atoms with Gasteiger partial charge in [0.1, 0.15) is 0 Å². The number of nitrogens with one attached hydrogen (secondary N) is 1. The number of hydrogen-bond donors (Lipinski definition) is 1. The number of piperidine rings is 1. The first-order valence-electron chi connectivity index (χ1n) is 7.77. The second kappa shape index (κ2) is 6.33. The van der Waals surface area contributed by atoms with E-state index in [1.165, 1.54) is 55.9 Å². The predicted molar refractivity (Wildman–Crippen MR) is 80.6 cm³/mol. The van der Waals surface area contributed by atoms with E-state index in [-0.39, 0.29) is 0 Å². The van der Waals surface area contributed by atoms with Crippen LogP contribution in [0, 0.1) is 0 Å². The molecule has 2 saturated heterocycles. The van der Waals surface area contributed by atoms with Crippen molar-refractivity contribution in [3.05, 3.63) is 16.1 Å². The maximum absolute atomic E-state index is 4.74. The van der Waals surface area contributed by atoms with Crippen LogP contribution in [0.2, 0.25) is 0 Å². The van der Waals surface area contributed by atoms with Crippen molar-refractivity contribution in [3.8, 4) is 0 Å². The number of nitrogens with zero attached hydrogens (tertiary/aromatic N) is 2. The highest BCUT2D eigenvalue weighted by atomic mass is 32.1. The van der Waals surface area contributed by atoms with Crippen LogP contribution in [0.15, 0.2) is 5.38 Å². The standard InChI is InChI=1S/C15H25N3S/c1-2-15-17-12(11-19-15)10-18-9-4-3-7-14(18)13-6-5-8-16-13/h11,13-14,16H,2-10H2,1H3. The molecule has 2 unspecified atom stereocenters. The lowest BCUT2D eigenvalue weighted by molar-refractivity contribution is 0.111. The first-order chi connectivity index (χ1) is 9.36. The summed E-state index contributed by atoms with van der Waals surface area (Å²) < 4.78 is 0. The van der Waals surface area contributed by atoms with Crippen LogP contribution in [0.5, 0.6) is 0 Å². The Morgan fingerprint density at radius 1 is 1.37 bits per heavy atom. The van der Waals surface area contributed by atoms with Crippen molar-refractivity contribution in [2.45, 2.75) is 64.1 Å². The number of rotatable bonds is 4. The molecule has 0 spiro atoms. The highest BCUT2D eigenvalue weighted by Crippen LogP contribution is 2.26. The van der Waals surface area contributed by atoms with Crippen molar-refractivity contribution in [1.82, 2.24) is 15.2 Å². The van der Waals surface area contributed by atoms with Gasteiger partial charge < -0.3 is 5.32 Å². The molecule has 3 heterocycles. The van der Waals surface area contributed by atoms with E-state index in [0.717, 1.165) is 25.0 Å². The van der Waals surface area contributed by atoms with Crippen LogP contribution in [-0.2, 0) is 13.0 Å². The molecule has 0 aromatic carbocycles. The summed E-state index contributed by atoms with van der Waals surface area (Å²) in [7, 11) is 0. The fourth-order valence-corrected chi connectivity index (χ4v) is 4.24. The van der Waals surface area contributed by atoms with E-state index in [0.29, 0.717) is 0 Å². The molecule has 2 aliphatic rings. The summed E-state index contributed by atoms with van der Waals surface area (Å²) in [5, 5.41) is 7.24.